The first kappa shape index (κ1) is 17.3. The molecule has 1 unspecified atom stereocenters. The van der Waals surface area contributed by atoms with Crippen LogP contribution in [0.25, 0.3) is 0 Å². The number of nitrogens with zero attached hydrogens (tertiary/aromatic N) is 1. The lowest BCUT2D eigenvalue weighted by Crippen LogP contribution is -2.50. The molecular formula is C12H27N3O3. The Bertz CT molecular complexity index is 215. The van der Waals surface area contributed by atoms with Crippen LogP contribution in [0, 0.1) is 0 Å². The fourth-order valence-electron chi connectivity index (χ4n) is 1.89. The van der Waals surface area contributed by atoms with Crippen molar-refractivity contribution in [2.75, 3.05) is 40.5 Å². The van der Waals surface area contributed by atoms with Crippen LogP contribution < -0.4 is 11.3 Å². The maximum atomic E-state index is 11.8. The molecule has 0 radical (unpaired) electrons. The van der Waals surface area contributed by atoms with Gasteiger partial charge in [0.05, 0.1) is 12.6 Å². The van der Waals surface area contributed by atoms with Gasteiger partial charge in [-0.1, -0.05) is 13.3 Å². The summed E-state index contributed by atoms with van der Waals surface area (Å²) >= 11 is 0. The summed E-state index contributed by atoms with van der Waals surface area (Å²) in [5.74, 6) is 5.11. The van der Waals surface area contributed by atoms with Gasteiger partial charge in [-0.15, -0.1) is 0 Å². The minimum absolute atomic E-state index is 0.134. The number of ether oxygens (including phenoxy) is 2. The van der Waals surface area contributed by atoms with Crippen molar-refractivity contribution in [3.05, 3.63) is 0 Å². The van der Waals surface area contributed by atoms with Crippen LogP contribution in [-0.4, -0.2) is 57.4 Å². The quantitative estimate of drug-likeness (QED) is 0.239. The zero-order chi connectivity index (χ0) is 13.8. The monoisotopic (exact) mass is 261 g/mol. The van der Waals surface area contributed by atoms with Gasteiger partial charge in [0.1, 0.15) is 0 Å². The molecule has 0 spiro atoms. The Balaban J connectivity index is 4.46. The van der Waals surface area contributed by atoms with Gasteiger partial charge in [-0.3, -0.25) is 15.1 Å². The van der Waals surface area contributed by atoms with E-state index in [-0.39, 0.29) is 11.9 Å². The lowest BCUT2D eigenvalue weighted by molar-refractivity contribution is -0.127. The fourth-order valence-corrected chi connectivity index (χ4v) is 1.89. The van der Waals surface area contributed by atoms with E-state index in [2.05, 4.69) is 17.2 Å². The third-order valence-electron chi connectivity index (χ3n) is 2.82. The standard InChI is InChI=1S/C12H27N3O3/c1-4-6-11(12(16)14-13)15(8-10-18-3)7-5-9-17-2/h11H,4-10,13H2,1-3H3,(H,14,16). The second-order valence-corrected chi connectivity index (χ2v) is 4.19. The number of nitrogens with one attached hydrogen (secondary N) is 1. The summed E-state index contributed by atoms with van der Waals surface area (Å²) < 4.78 is 10.1. The van der Waals surface area contributed by atoms with E-state index in [1.807, 2.05) is 0 Å². The highest BCUT2D eigenvalue weighted by Crippen LogP contribution is 2.08. The SMILES string of the molecule is CCCC(C(=O)NN)N(CCCOC)CCOC. The molecule has 108 valence electrons. The Morgan fingerprint density at radius 3 is 2.44 bits per heavy atom. The molecule has 0 aliphatic carbocycles. The first-order valence-corrected chi connectivity index (χ1v) is 6.43. The van der Waals surface area contributed by atoms with E-state index in [0.29, 0.717) is 13.2 Å². The zero-order valence-corrected chi connectivity index (χ0v) is 11.8. The second-order valence-electron chi connectivity index (χ2n) is 4.19. The lowest BCUT2D eigenvalue weighted by atomic mass is 10.1. The Labute approximate surface area is 110 Å². The molecule has 0 bridgehead atoms. The van der Waals surface area contributed by atoms with Crippen LogP contribution in [0.15, 0.2) is 0 Å². The van der Waals surface area contributed by atoms with E-state index < -0.39 is 0 Å². The number of carbonyl (C=O) groups is 1. The van der Waals surface area contributed by atoms with Crippen LogP contribution >= 0.6 is 0 Å². The minimum Gasteiger partial charge on any atom is -0.385 e. The Morgan fingerprint density at radius 1 is 1.28 bits per heavy atom. The number of hydrogen-bond acceptors (Lipinski definition) is 5. The highest BCUT2D eigenvalue weighted by molar-refractivity contribution is 5.81. The van der Waals surface area contributed by atoms with E-state index in [1.165, 1.54) is 0 Å². The van der Waals surface area contributed by atoms with Crippen molar-refractivity contribution >= 4 is 5.91 Å². The molecule has 18 heavy (non-hydrogen) atoms. The fraction of sp³-hybridized carbons (Fsp3) is 0.917. The average Bonchev–Trinajstić information content (AvgIpc) is 2.39. The van der Waals surface area contributed by atoms with Crippen LogP contribution in [0.4, 0.5) is 0 Å². The zero-order valence-electron chi connectivity index (χ0n) is 11.8. The van der Waals surface area contributed by atoms with Crippen LogP contribution in [-0.2, 0) is 14.3 Å². The molecule has 0 aromatic carbocycles. The van der Waals surface area contributed by atoms with Crippen LogP contribution in [0.5, 0.6) is 0 Å². The van der Waals surface area contributed by atoms with Gasteiger partial charge in [0.15, 0.2) is 0 Å². The number of nitrogens with two attached hydrogens (primary N) is 1. The van der Waals surface area contributed by atoms with E-state index in [1.54, 1.807) is 14.2 Å². The Kier molecular flexibility index (Phi) is 11.0. The van der Waals surface area contributed by atoms with Gasteiger partial charge in [-0.25, -0.2) is 5.84 Å². The molecule has 0 saturated heterocycles. The number of hydrazine groups is 1. The van der Waals surface area contributed by atoms with Gasteiger partial charge in [-0.05, 0) is 12.8 Å². The molecule has 0 aromatic rings. The van der Waals surface area contributed by atoms with E-state index in [0.717, 1.165) is 32.4 Å². The average molecular weight is 261 g/mol. The largest absolute Gasteiger partial charge is 0.385 e. The third kappa shape index (κ3) is 6.90. The minimum atomic E-state index is -0.188. The third-order valence-corrected chi connectivity index (χ3v) is 2.82. The molecule has 0 heterocycles. The normalized spacial score (nSPS) is 12.7. The molecule has 1 atom stereocenters. The molecule has 0 aromatic heterocycles. The van der Waals surface area contributed by atoms with Gasteiger partial charge in [0.2, 0.25) is 0 Å². The van der Waals surface area contributed by atoms with E-state index >= 15 is 0 Å². The van der Waals surface area contributed by atoms with Crippen molar-refractivity contribution in [1.82, 2.24) is 10.3 Å². The van der Waals surface area contributed by atoms with E-state index in [4.69, 9.17) is 15.3 Å². The maximum absolute atomic E-state index is 11.8. The molecule has 0 aliphatic rings. The predicted octanol–water partition coefficient (Wildman–Crippen LogP) is 0.130. The van der Waals surface area contributed by atoms with Gasteiger partial charge >= 0.3 is 0 Å². The van der Waals surface area contributed by atoms with Crippen LogP contribution in [0.1, 0.15) is 26.2 Å². The summed E-state index contributed by atoms with van der Waals surface area (Å²) in [5.41, 5.74) is 2.24. The number of hydrogen-bond donors (Lipinski definition) is 2. The molecule has 0 saturated carbocycles. The summed E-state index contributed by atoms with van der Waals surface area (Å²) in [6.45, 7) is 4.87. The Hall–Kier alpha value is -0.690. The molecule has 0 aliphatic heterocycles. The first-order chi connectivity index (χ1) is 8.71. The predicted molar refractivity (Wildman–Crippen MR) is 71.0 cm³/mol. The van der Waals surface area contributed by atoms with Crippen LogP contribution in [0.2, 0.25) is 0 Å². The Morgan fingerprint density at radius 2 is 1.94 bits per heavy atom. The topological polar surface area (TPSA) is 76.8 Å². The number of carbonyl (C=O) groups excluding carboxylic acids is 1. The molecule has 0 fully saturated rings. The molecule has 0 rings (SSSR count). The first-order valence-electron chi connectivity index (χ1n) is 6.43. The van der Waals surface area contributed by atoms with Gasteiger partial charge < -0.3 is 9.47 Å². The van der Waals surface area contributed by atoms with Crippen molar-refractivity contribution in [2.45, 2.75) is 32.2 Å². The number of rotatable bonds is 11. The van der Waals surface area contributed by atoms with Gasteiger partial charge in [-0.2, -0.15) is 0 Å². The molecular weight excluding hydrogens is 234 g/mol. The van der Waals surface area contributed by atoms with Crippen molar-refractivity contribution in [3.63, 3.8) is 0 Å². The van der Waals surface area contributed by atoms with Crippen molar-refractivity contribution in [3.8, 4) is 0 Å². The van der Waals surface area contributed by atoms with Crippen molar-refractivity contribution < 1.29 is 14.3 Å². The summed E-state index contributed by atoms with van der Waals surface area (Å²) in [4.78, 5) is 13.9. The number of methoxy groups -OCH3 is 2. The second kappa shape index (κ2) is 11.4. The molecule has 6 heteroatoms. The highest BCUT2D eigenvalue weighted by Gasteiger charge is 2.23. The van der Waals surface area contributed by atoms with Crippen molar-refractivity contribution in [1.29, 1.82) is 0 Å². The van der Waals surface area contributed by atoms with Gasteiger partial charge in [0, 0.05) is 33.9 Å². The molecule has 1 amide bonds. The van der Waals surface area contributed by atoms with Gasteiger partial charge in [0.25, 0.3) is 5.91 Å². The molecule has 3 N–H and O–H groups in total. The number of amides is 1. The smallest absolute Gasteiger partial charge is 0.251 e. The highest BCUT2D eigenvalue weighted by atomic mass is 16.5. The maximum Gasteiger partial charge on any atom is 0.251 e. The summed E-state index contributed by atoms with van der Waals surface area (Å²) in [7, 11) is 3.33. The summed E-state index contributed by atoms with van der Waals surface area (Å²) in [6, 6.07) is -0.188. The van der Waals surface area contributed by atoms with Crippen molar-refractivity contribution in [2.24, 2.45) is 5.84 Å². The summed E-state index contributed by atoms with van der Waals surface area (Å²) in [5, 5.41) is 0. The van der Waals surface area contributed by atoms with Crippen LogP contribution in [0.3, 0.4) is 0 Å². The molecule has 6 nitrogen and oxygen atoms in total. The lowest BCUT2D eigenvalue weighted by Gasteiger charge is -2.29. The van der Waals surface area contributed by atoms with E-state index in [9.17, 15) is 4.79 Å². The summed E-state index contributed by atoms with van der Waals surface area (Å²) in [6.07, 6.45) is 2.61.